The number of nitrogens with one attached hydrogen (secondary N) is 2. The van der Waals surface area contributed by atoms with Gasteiger partial charge in [-0.1, -0.05) is 17.7 Å². The molecule has 4 rings (SSSR count). The van der Waals surface area contributed by atoms with Gasteiger partial charge >= 0.3 is 0 Å². The molecule has 1 unspecified atom stereocenters. The fourth-order valence-electron chi connectivity index (χ4n) is 4.21. The molecule has 6 nitrogen and oxygen atoms in total. The third-order valence-electron chi connectivity index (χ3n) is 5.92. The Morgan fingerprint density at radius 1 is 1.24 bits per heavy atom. The molecular formula is C26H31N3O3S. The molecule has 7 heteroatoms. The van der Waals surface area contributed by atoms with E-state index in [0.717, 1.165) is 47.4 Å². The number of anilines is 1. The summed E-state index contributed by atoms with van der Waals surface area (Å²) in [7, 11) is 0. The van der Waals surface area contributed by atoms with Crippen LogP contribution in [0, 0.1) is 13.8 Å². The highest BCUT2D eigenvalue weighted by atomic mass is 32.1. The summed E-state index contributed by atoms with van der Waals surface area (Å²) < 4.78 is 11.5. The van der Waals surface area contributed by atoms with Crippen molar-refractivity contribution in [3.63, 3.8) is 0 Å². The first kappa shape index (κ1) is 23.3. The van der Waals surface area contributed by atoms with Gasteiger partial charge in [0.05, 0.1) is 19.3 Å². The summed E-state index contributed by atoms with van der Waals surface area (Å²) in [6, 6.07) is 13.9. The predicted octanol–water partition coefficient (Wildman–Crippen LogP) is 4.92. The minimum atomic E-state index is -0.113. The van der Waals surface area contributed by atoms with Crippen LogP contribution in [-0.4, -0.2) is 40.9 Å². The van der Waals surface area contributed by atoms with E-state index in [1.807, 2.05) is 42.2 Å². The van der Waals surface area contributed by atoms with Crippen LogP contribution in [0.4, 0.5) is 5.69 Å². The zero-order chi connectivity index (χ0) is 23.4. The predicted molar refractivity (Wildman–Crippen MR) is 137 cm³/mol. The Kier molecular flexibility index (Phi) is 7.30. The largest absolute Gasteiger partial charge is 0.494 e. The van der Waals surface area contributed by atoms with Crippen LogP contribution in [0.15, 0.2) is 47.3 Å². The van der Waals surface area contributed by atoms with Crippen LogP contribution in [0.2, 0.25) is 0 Å². The van der Waals surface area contributed by atoms with E-state index in [1.165, 1.54) is 5.56 Å². The summed E-state index contributed by atoms with van der Waals surface area (Å²) in [6.07, 6.45) is 2.15. The zero-order valence-corrected chi connectivity index (χ0v) is 20.3. The third kappa shape index (κ3) is 5.72. The molecule has 0 aliphatic carbocycles. The average molecular weight is 466 g/mol. The van der Waals surface area contributed by atoms with Crippen LogP contribution in [0.3, 0.4) is 0 Å². The molecule has 174 valence electrons. The number of hydrogen-bond donors (Lipinski definition) is 2. The number of H-pyrrole nitrogens is 1. The first-order valence-corrected chi connectivity index (χ1v) is 11.9. The number of aryl methyl sites for hydroxylation is 2. The smallest absolute Gasteiger partial charge is 0.253 e. The van der Waals surface area contributed by atoms with E-state index < -0.39 is 0 Å². The monoisotopic (exact) mass is 465 g/mol. The number of ether oxygens (including phenoxy) is 2. The first-order valence-electron chi connectivity index (χ1n) is 11.5. The van der Waals surface area contributed by atoms with Crippen molar-refractivity contribution in [1.29, 1.82) is 0 Å². The van der Waals surface area contributed by atoms with E-state index in [-0.39, 0.29) is 11.7 Å². The lowest BCUT2D eigenvalue weighted by Crippen LogP contribution is -2.40. The second kappa shape index (κ2) is 10.4. The molecule has 1 saturated heterocycles. The van der Waals surface area contributed by atoms with Crippen molar-refractivity contribution in [3.05, 3.63) is 69.5 Å². The molecule has 1 atom stereocenters. The van der Waals surface area contributed by atoms with E-state index in [9.17, 15) is 4.79 Å². The Morgan fingerprint density at radius 2 is 2.09 bits per heavy atom. The molecular weight excluding hydrogens is 434 g/mol. The molecule has 1 aliphatic heterocycles. The number of aromatic amines is 1. The third-order valence-corrected chi connectivity index (χ3v) is 6.28. The molecule has 1 fully saturated rings. The van der Waals surface area contributed by atoms with E-state index in [2.05, 4.69) is 36.3 Å². The van der Waals surface area contributed by atoms with Gasteiger partial charge in [0.25, 0.3) is 5.56 Å². The van der Waals surface area contributed by atoms with E-state index in [0.29, 0.717) is 30.4 Å². The lowest BCUT2D eigenvalue weighted by atomic mass is 10.1. The summed E-state index contributed by atoms with van der Waals surface area (Å²) in [5.41, 5.74) is 4.62. The zero-order valence-electron chi connectivity index (χ0n) is 19.4. The number of hydrogen-bond acceptors (Lipinski definition) is 4. The van der Waals surface area contributed by atoms with Crippen LogP contribution in [0.25, 0.3) is 10.9 Å². The number of aromatic nitrogens is 1. The van der Waals surface area contributed by atoms with E-state index in [1.54, 1.807) is 0 Å². The molecule has 3 aromatic rings. The Bertz CT molecular complexity index is 1200. The maximum Gasteiger partial charge on any atom is 0.253 e. The van der Waals surface area contributed by atoms with Crippen molar-refractivity contribution in [2.75, 3.05) is 25.1 Å². The maximum atomic E-state index is 12.9. The number of nitrogens with zero attached hydrogens (tertiary/aromatic N) is 1. The lowest BCUT2D eigenvalue weighted by molar-refractivity contribution is 0.0904. The number of benzene rings is 2. The van der Waals surface area contributed by atoms with Crippen molar-refractivity contribution >= 4 is 33.9 Å². The summed E-state index contributed by atoms with van der Waals surface area (Å²) in [5, 5.41) is 4.90. The van der Waals surface area contributed by atoms with E-state index in [4.69, 9.17) is 21.7 Å². The van der Waals surface area contributed by atoms with Crippen molar-refractivity contribution in [2.24, 2.45) is 0 Å². The van der Waals surface area contributed by atoms with Crippen molar-refractivity contribution < 1.29 is 9.47 Å². The molecule has 0 amide bonds. The standard InChI is InChI=1S/C26H31N3O3S/c1-4-31-21-8-10-24-19(14-21)13-20(25(30)27-24)15-29(16-22-6-5-11-32-22)26(33)28-23-9-7-17(2)12-18(23)3/h7-10,12-14,22H,4-6,11,15-16H2,1-3H3,(H,27,30)(H,28,33). The van der Waals surface area contributed by atoms with E-state index >= 15 is 0 Å². The first-order chi connectivity index (χ1) is 15.9. The molecule has 2 aromatic carbocycles. The van der Waals surface area contributed by atoms with Gasteiger partial charge in [-0.3, -0.25) is 4.79 Å². The molecule has 0 radical (unpaired) electrons. The summed E-state index contributed by atoms with van der Waals surface area (Å²) in [5.74, 6) is 0.784. The van der Waals surface area contributed by atoms with Gasteiger partial charge in [-0.05, 0) is 81.7 Å². The highest BCUT2D eigenvalue weighted by Crippen LogP contribution is 2.22. The van der Waals surface area contributed by atoms with Gasteiger partial charge in [-0.25, -0.2) is 0 Å². The fourth-order valence-corrected chi connectivity index (χ4v) is 4.46. The van der Waals surface area contributed by atoms with Crippen molar-refractivity contribution in [1.82, 2.24) is 9.88 Å². The normalized spacial score (nSPS) is 15.5. The topological polar surface area (TPSA) is 66.6 Å². The average Bonchev–Trinajstić information content (AvgIpc) is 3.29. The Labute approximate surface area is 199 Å². The summed E-state index contributed by atoms with van der Waals surface area (Å²) in [4.78, 5) is 17.9. The quantitative estimate of drug-likeness (QED) is 0.483. The van der Waals surface area contributed by atoms with Gasteiger partial charge in [0.15, 0.2) is 5.11 Å². The summed E-state index contributed by atoms with van der Waals surface area (Å²) >= 11 is 5.81. The summed E-state index contributed by atoms with van der Waals surface area (Å²) in [6.45, 7) is 8.47. The Balaban J connectivity index is 1.61. The van der Waals surface area contributed by atoms with Crippen LogP contribution < -0.4 is 15.6 Å². The number of pyridine rings is 1. The highest BCUT2D eigenvalue weighted by molar-refractivity contribution is 7.80. The molecule has 0 spiro atoms. The Hall–Kier alpha value is -2.90. The van der Waals surface area contributed by atoms with Gasteiger partial charge in [0.2, 0.25) is 0 Å². The molecule has 33 heavy (non-hydrogen) atoms. The number of thiocarbonyl (C=S) groups is 1. The van der Waals surface area contributed by atoms with Gasteiger partial charge in [-0.2, -0.15) is 0 Å². The second-order valence-corrected chi connectivity index (χ2v) is 8.96. The molecule has 1 aliphatic rings. The van der Waals surface area contributed by atoms with Crippen LogP contribution in [0.1, 0.15) is 36.5 Å². The van der Waals surface area contributed by atoms with Crippen molar-refractivity contribution in [3.8, 4) is 5.75 Å². The van der Waals surface area contributed by atoms with Gasteiger partial charge < -0.3 is 24.7 Å². The number of rotatable bonds is 7. The second-order valence-electron chi connectivity index (χ2n) is 8.57. The number of fused-ring (bicyclic) bond motifs is 1. The minimum absolute atomic E-state index is 0.105. The van der Waals surface area contributed by atoms with Gasteiger partial charge in [0.1, 0.15) is 5.75 Å². The molecule has 1 aromatic heterocycles. The van der Waals surface area contributed by atoms with Gasteiger partial charge in [-0.15, -0.1) is 0 Å². The Morgan fingerprint density at radius 3 is 2.82 bits per heavy atom. The molecule has 0 bridgehead atoms. The highest BCUT2D eigenvalue weighted by Gasteiger charge is 2.22. The van der Waals surface area contributed by atoms with Crippen LogP contribution in [0.5, 0.6) is 5.75 Å². The fraction of sp³-hybridized carbons (Fsp3) is 0.385. The minimum Gasteiger partial charge on any atom is -0.494 e. The van der Waals surface area contributed by atoms with Crippen LogP contribution in [-0.2, 0) is 11.3 Å². The SMILES string of the molecule is CCOc1ccc2[nH]c(=O)c(CN(CC3CCCO3)C(=S)Nc3ccc(C)cc3C)cc2c1. The van der Waals surface area contributed by atoms with Crippen LogP contribution >= 0.6 is 12.2 Å². The molecule has 0 saturated carbocycles. The van der Waals surface area contributed by atoms with Crippen molar-refractivity contribution in [2.45, 2.75) is 46.3 Å². The van der Waals surface area contributed by atoms with Gasteiger partial charge in [0, 0.05) is 35.3 Å². The molecule has 2 N–H and O–H groups in total. The maximum absolute atomic E-state index is 12.9. The molecule has 2 heterocycles. The lowest BCUT2D eigenvalue weighted by Gasteiger charge is -2.28.